The molecular formula is C18H19N3O2S. The molecule has 0 aliphatic rings. The number of hydrogen-bond donors (Lipinski definition) is 1. The minimum atomic E-state index is -0.240. The zero-order valence-electron chi connectivity index (χ0n) is 13.9. The highest BCUT2D eigenvalue weighted by Gasteiger charge is 2.11. The lowest BCUT2D eigenvalue weighted by molar-refractivity contribution is -0.116. The molecule has 0 radical (unpaired) electrons. The van der Waals surface area contributed by atoms with Crippen LogP contribution in [0.5, 0.6) is 0 Å². The van der Waals surface area contributed by atoms with Crippen molar-refractivity contribution in [3.63, 3.8) is 0 Å². The van der Waals surface area contributed by atoms with Crippen molar-refractivity contribution in [1.82, 2.24) is 9.55 Å². The van der Waals surface area contributed by atoms with E-state index in [0.717, 1.165) is 32.9 Å². The summed E-state index contributed by atoms with van der Waals surface area (Å²) in [5.41, 5.74) is 2.72. The van der Waals surface area contributed by atoms with Gasteiger partial charge in [-0.2, -0.15) is 0 Å². The largest absolute Gasteiger partial charge is 0.324 e. The first-order valence-corrected chi connectivity index (χ1v) is 8.64. The number of benzene rings is 1. The molecule has 3 rings (SSSR count). The van der Waals surface area contributed by atoms with E-state index in [2.05, 4.69) is 10.3 Å². The molecule has 1 N–H and O–H groups in total. The van der Waals surface area contributed by atoms with E-state index in [9.17, 15) is 9.59 Å². The number of nitrogens with one attached hydrogen (secondary N) is 1. The van der Waals surface area contributed by atoms with Gasteiger partial charge in [0.1, 0.15) is 11.4 Å². The molecule has 0 atom stereocenters. The first kappa shape index (κ1) is 16.4. The van der Waals surface area contributed by atoms with E-state index in [1.165, 1.54) is 22.2 Å². The Balaban J connectivity index is 1.82. The summed E-state index contributed by atoms with van der Waals surface area (Å²) in [6, 6.07) is 7.69. The molecule has 124 valence electrons. The molecule has 0 aliphatic heterocycles. The number of aromatic nitrogens is 2. The highest BCUT2D eigenvalue weighted by atomic mass is 32.1. The topological polar surface area (TPSA) is 64.0 Å². The maximum Gasteiger partial charge on any atom is 0.262 e. The Morgan fingerprint density at radius 1 is 1.29 bits per heavy atom. The molecule has 0 bridgehead atoms. The normalized spacial score (nSPS) is 11.0. The Kier molecular flexibility index (Phi) is 4.49. The maximum atomic E-state index is 12.5. The average molecular weight is 341 g/mol. The van der Waals surface area contributed by atoms with E-state index in [1.807, 2.05) is 45.0 Å². The van der Waals surface area contributed by atoms with Gasteiger partial charge >= 0.3 is 0 Å². The van der Waals surface area contributed by atoms with E-state index < -0.39 is 0 Å². The van der Waals surface area contributed by atoms with Crippen LogP contribution >= 0.6 is 11.3 Å². The number of carbonyl (C=O) groups excluding carboxylic acids is 1. The molecule has 0 spiro atoms. The third kappa shape index (κ3) is 3.23. The lowest BCUT2D eigenvalue weighted by atomic mass is 10.1. The number of nitrogens with zero attached hydrogens (tertiary/aromatic N) is 2. The number of aryl methyl sites for hydroxylation is 3. The second-order valence-corrected chi connectivity index (χ2v) is 6.94. The van der Waals surface area contributed by atoms with Crippen molar-refractivity contribution in [3.05, 3.63) is 57.0 Å². The molecule has 24 heavy (non-hydrogen) atoms. The van der Waals surface area contributed by atoms with Gasteiger partial charge in [-0.3, -0.25) is 14.2 Å². The van der Waals surface area contributed by atoms with Crippen LogP contribution in [0, 0.1) is 13.8 Å². The summed E-state index contributed by atoms with van der Waals surface area (Å²) in [4.78, 5) is 30.9. The standard InChI is InChI=1S/C18H19N3O2S/c1-4-13-8-14-17(24-13)19-10-21(18(14)23)9-16(22)20-15-6-5-11(2)7-12(15)3/h5-8,10H,4,9H2,1-3H3,(H,20,22). The van der Waals surface area contributed by atoms with Crippen molar-refractivity contribution in [2.75, 3.05) is 5.32 Å². The van der Waals surface area contributed by atoms with Gasteiger partial charge in [-0.1, -0.05) is 24.6 Å². The van der Waals surface area contributed by atoms with Crippen LogP contribution in [0.25, 0.3) is 10.2 Å². The molecular weight excluding hydrogens is 322 g/mol. The Labute approximate surface area is 144 Å². The van der Waals surface area contributed by atoms with Crippen molar-refractivity contribution in [1.29, 1.82) is 0 Å². The second kappa shape index (κ2) is 6.57. The van der Waals surface area contributed by atoms with Crippen LogP contribution in [0.4, 0.5) is 5.69 Å². The minimum absolute atomic E-state index is 0.0492. The molecule has 0 aliphatic carbocycles. The van der Waals surface area contributed by atoms with Gasteiger partial charge in [0.15, 0.2) is 0 Å². The number of thiophene rings is 1. The van der Waals surface area contributed by atoms with E-state index in [0.29, 0.717) is 5.39 Å². The minimum Gasteiger partial charge on any atom is -0.324 e. The molecule has 2 aromatic heterocycles. The Morgan fingerprint density at radius 2 is 2.08 bits per heavy atom. The number of hydrogen-bond acceptors (Lipinski definition) is 4. The van der Waals surface area contributed by atoms with E-state index in [4.69, 9.17) is 0 Å². The highest BCUT2D eigenvalue weighted by Crippen LogP contribution is 2.21. The predicted octanol–water partition coefficient (Wildman–Crippen LogP) is 3.28. The van der Waals surface area contributed by atoms with Crippen LogP contribution in [-0.2, 0) is 17.8 Å². The zero-order chi connectivity index (χ0) is 17.3. The van der Waals surface area contributed by atoms with Gasteiger partial charge in [-0.05, 0) is 38.0 Å². The first-order valence-electron chi connectivity index (χ1n) is 7.83. The molecule has 0 saturated heterocycles. The summed E-state index contributed by atoms with van der Waals surface area (Å²) in [5, 5.41) is 3.44. The van der Waals surface area contributed by atoms with Crippen LogP contribution in [-0.4, -0.2) is 15.5 Å². The van der Waals surface area contributed by atoms with Gasteiger partial charge in [0, 0.05) is 10.6 Å². The fraction of sp³-hybridized carbons (Fsp3) is 0.278. The maximum absolute atomic E-state index is 12.5. The van der Waals surface area contributed by atoms with Gasteiger partial charge in [-0.15, -0.1) is 11.3 Å². The number of rotatable bonds is 4. The molecule has 2 heterocycles. The summed E-state index contributed by atoms with van der Waals surface area (Å²) in [6.07, 6.45) is 2.32. The summed E-state index contributed by atoms with van der Waals surface area (Å²) in [7, 11) is 0. The van der Waals surface area contributed by atoms with Gasteiger partial charge < -0.3 is 5.32 Å². The number of fused-ring (bicyclic) bond motifs is 1. The second-order valence-electron chi connectivity index (χ2n) is 5.83. The summed E-state index contributed by atoms with van der Waals surface area (Å²) in [5.74, 6) is -0.240. The van der Waals surface area contributed by atoms with E-state index in [1.54, 1.807) is 0 Å². The van der Waals surface area contributed by atoms with Gasteiger partial charge in [0.05, 0.1) is 11.7 Å². The first-order chi connectivity index (χ1) is 11.5. The lowest BCUT2D eigenvalue weighted by Gasteiger charge is -2.10. The number of carbonyl (C=O) groups is 1. The predicted molar refractivity (Wildman–Crippen MR) is 97.8 cm³/mol. The number of amides is 1. The van der Waals surface area contributed by atoms with Crippen LogP contribution in [0.1, 0.15) is 22.9 Å². The van der Waals surface area contributed by atoms with Crippen LogP contribution in [0.15, 0.2) is 35.4 Å². The lowest BCUT2D eigenvalue weighted by Crippen LogP contribution is -2.27. The third-order valence-electron chi connectivity index (χ3n) is 3.89. The van der Waals surface area contributed by atoms with Crippen molar-refractivity contribution >= 4 is 33.1 Å². The van der Waals surface area contributed by atoms with Crippen LogP contribution in [0.2, 0.25) is 0 Å². The van der Waals surface area contributed by atoms with Gasteiger partial charge in [-0.25, -0.2) is 4.98 Å². The Morgan fingerprint density at radius 3 is 2.79 bits per heavy atom. The van der Waals surface area contributed by atoms with E-state index in [-0.39, 0.29) is 18.0 Å². The Bertz CT molecular complexity index is 972. The van der Waals surface area contributed by atoms with Gasteiger partial charge in [0.25, 0.3) is 5.56 Å². The Hall–Kier alpha value is -2.47. The van der Waals surface area contributed by atoms with E-state index >= 15 is 0 Å². The average Bonchev–Trinajstić information content (AvgIpc) is 2.97. The molecule has 3 aromatic rings. The van der Waals surface area contributed by atoms with Crippen molar-refractivity contribution in [2.45, 2.75) is 33.7 Å². The molecule has 0 unspecified atom stereocenters. The van der Waals surface area contributed by atoms with Crippen LogP contribution < -0.4 is 10.9 Å². The van der Waals surface area contributed by atoms with Crippen LogP contribution in [0.3, 0.4) is 0 Å². The van der Waals surface area contributed by atoms with Crippen molar-refractivity contribution < 1.29 is 4.79 Å². The fourth-order valence-corrected chi connectivity index (χ4v) is 3.52. The fourth-order valence-electron chi connectivity index (χ4n) is 2.59. The molecule has 0 fully saturated rings. The van der Waals surface area contributed by atoms with Gasteiger partial charge in [0.2, 0.25) is 5.91 Å². The summed E-state index contributed by atoms with van der Waals surface area (Å²) in [6.45, 7) is 5.94. The third-order valence-corrected chi connectivity index (χ3v) is 5.07. The summed E-state index contributed by atoms with van der Waals surface area (Å²) >= 11 is 1.52. The molecule has 6 heteroatoms. The number of anilines is 1. The molecule has 1 aromatic carbocycles. The smallest absolute Gasteiger partial charge is 0.262 e. The monoisotopic (exact) mass is 341 g/mol. The zero-order valence-corrected chi connectivity index (χ0v) is 14.7. The molecule has 0 saturated carbocycles. The molecule has 5 nitrogen and oxygen atoms in total. The molecule has 1 amide bonds. The quantitative estimate of drug-likeness (QED) is 0.792. The highest BCUT2D eigenvalue weighted by molar-refractivity contribution is 7.18. The SMILES string of the molecule is CCc1cc2c(=O)n(CC(=O)Nc3ccc(C)cc3C)cnc2s1. The van der Waals surface area contributed by atoms with Crippen molar-refractivity contribution in [3.8, 4) is 0 Å². The summed E-state index contributed by atoms with van der Waals surface area (Å²) < 4.78 is 1.35. The van der Waals surface area contributed by atoms with Crippen molar-refractivity contribution in [2.24, 2.45) is 0 Å².